The number of methoxy groups -OCH3 is 1. The summed E-state index contributed by atoms with van der Waals surface area (Å²) in [4.78, 5) is 31.2. The van der Waals surface area contributed by atoms with E-state index in [9.17, 15) is 9.59 Å². The van der Waals surface area contributed by atoms with E-state index in [2.05, 4.69) is 26.3 Å². The SMILES string of the molecule is COc1ccccc1N=C1S[C@H](CC(=O)Nc2c(C)cccc2C)C(=O)N1/N=C(/C)c1ccc(Br)cc1. The van der Waals surface area contributed by atoms with Crippen LogP contribution < -0.4 is 10.1 Å². The van der Waals surface area contributed by atoms with Gasteiger partial charge in [-0.05, 0) is 61.7 Å². The van der Waals surface area contributed by atoms with Crippen molar-refractivity contribution in [1.82, 2.24) is 5.01 Å². The van der Waals surface area contributed by atoms with E-state index in [1.165, 1.54) is 16.8 Å². The first-order valence-corrected chi connectivity index (χ1v) is 13.3. The van der Waals surface area contributed by atoms with Crippen molar-refractivity contribution < 1.29 is 14.3 Å². The molecular weight excluding hydrogens is 552 g/mol. The number of carbonyl (C=O) groups is 2. The molecule has 9 heteroatoms. The molecular formula is C28H27BrN4O3S. The normalized spacial score (nSPS) is 16.8. The van der Waals surface area contributed by atoms with Crippen LogP contribution in [0.3, 0.4) is 0 Å². The van der Waals surface area contributed by atoms with Crippen LogP contribution >= 0.6 is 27.7 Å². The van der Waals surface area contributed by atoms with Gasteiger partial charge in [0.1, 0.15) is 16.7 Å². The molecule has 2 amide bonds. The Labute approximate surface area is 229 Å². The van der Waals surface area contributed by atoms with Crippen LogP contribution in [0.4, 0.5) is 11.4 Å². The van der Waals surface area contributed by atoms with Crippen LogP contribution in [0.1, 0.15) is 30.0 Å². The molecule has 0 aromatic heterocycles. The number of benzene rings is 3. The number of amidine groups is 1. The zero-order valence-electron chi connectivity index (χ0n) is 21.0. The molecule has 7 nitrogen and oxygen atoms in total. The molecule has 1 saturated heterocycles. The van der Waals surface area contributed by atoms with Crippen LogP contribution in [-0.2, 0) is 9.59 Å². The number of anilines is 1. The van der Waals surface area contributed by atoms with Gasteiger partial charge in [-0.2, -0.15) is 10.1 Å². The molecule has 1 N–H and O–H groups in total. The third-order valence-electron chi connectivity index (χ3n) is 5.84. The van der Waals surface area contributed by atoms with Gasteiger partial charge < -0.3 is 10.1 Å². The van der Waals surface area contributed by atoms with Crippen LogP contribution in [0, 0.1) is 13.8 Å². The van der Waals surface area contributed by atoms with E-state index >= 15 is 0 Å². The molecule has 0 saturated carbocycles. The fraction of sp³-hybridized carbons (Fsp3) is 0.214. The topological polar surface area (TPSA) is 83.4 Å². The Hall–Kier alpha value is -3.43. The average molecular weight is 580 g/mol. The van der Waals surface area contributed by atoms with Gasteiger partial charge in [0, 0.05) is 16.6 Å². The second kappa shape index (κ2) is 11.7. The Balaban J connectivity index is 1.64. The number of aryl methyl sites for hydroxylation is 2. The molecule has 0 radical (unpaired) electrons. The van der Waals surface area contributed by atoms with Gasteiger partial charge in [0.05, 0.1) is 12.8 Å². The molecule has 1 fully saturated rings. The number of thioether (sulfide) groups is 1. The number of nitrogens with one attached hydrogen (secondary N) is 1. The zero-order valence-corrected chi connectivity index (χ0v) is 23.4. The number of rotatable bonds is 7. The van der Waals surface area contributed by atoms with E-state index in [1.54, 1.807) is 19.2 Å². The first-order valence-electron chi connectivity index (χ1n) is 11.7. The van der Waals surface area contributed by atoms with Crippen LogP contribution in [0.15, 0.2) is 81.3 Å². The summed E-state index contributed by atoms with van der Waals surface area (Å²) in [6, 6.07) is 20.8. The molecule has 4 rings (SSSR count). The van der Waals surface area contributed by atoms with E-state index in [0.717, 1.165) is 26.9 Å². The lowest BCUT2D eigenvalue weighted by atomic mass is 10.1. The summed E-state index contributed by atoms with van der Waals surface area (Å²) in [5.74, 6) is 0.0370. The Morgan fingerprint density at radius 3 is 2.41 bits per heavy atom. The third kappa shape index (κ3) is 6.29. The van der Waals surface area contributed by atoms with Gasteiger partial charge in [0.25, 0.3) is 5.91 Å². The second-order valence-electron chi connectivity index (χ2n) is 8.53. The largest absolute Gasteiger partial charge is 0.494 e. The Morgan fingerprint density at radius 1 is 1.05 bits per heavy atom. The van der Waals surface area contributed by atoms with E-state index in [4.69, 9.17) is 9.73 Å². The Bertz CT molecular complexity index is 1370. The number of ether oxygens (including phenoxy) is 1. The van der Waals surface area contributed by atoms with Crippen molar-refractivity contribution in [3.63, 3.8) is 0 Å². The fourth-order valence-electron chi connectivity index (χ4n) is 3.85. The van der Waals surface area contributed by atoms with Gasteiger partial charge in [-0.25, -0.2) is 4.99 Å². The molecule has 1 aliphatic rings. The summed E-state index contributed by atoms with van der Waals surface area (Å²) in [5.41, 5.74) is 4.79. The molecule has 37 heavy (non-hydrogen) atoms. The maximum Gasteiger partial charge on any atom is 0.263 e. The maximum atomic E-state index is 13.5. The van der Waals surface area contributed by atoms with Gasteiger partial charge in [0.2, 0.25) is 5.91 Å². The number of aliphatic imine (C=N–C) groups is 1. The first-order chi connectivity index (χ1) is 17.8. The van der Waals surface area contributed by atoms with Crippen molar-refractivity contribution in [2.75, 3.05) is 12.4 Å². The summed E-state index contributed by atoms with van der Waals surface area (Å²) in [5, 5.41) is 8.61. The Morgan fingerprint density at radius 2 is 1.73 bits per heavy atom. The molecule has 0 unspecified atom stereocenters. The molecule has 1 atom stereocenters. The summed E-state index contributed by atoms with van der Waals surface area (Å²) in [7, 11) is 1.57. The third-order valence-corrected chi connectivity index (χ3v) is 7.50. The number of nitrogens with zero attached hydrogens (tertiary/aromatic N) is 3. The van der Waals surface area contributed by atoms with Crippen LogP contribution in [0.25, 0.3) is 0 Å². The molecule has 190 valence electrons. The van der Waals surface area contributed by atoms with Gasteiger partial charge in [-0.15, -0.1) is 0 Å². The van der Waals surface area contributed by atoms with E-state index < -0.39 is 5.25 Å². The van der Waals surface area contributed by atoms with E-state index in [0.29, 0.717) is 22.3 Å². The van der Waals surface area contributed by atoms with Crippen LogP contribution in [0.5, 0.6) is 5.75 Å². The quantitative estimate of drug-likeness (QED) is 0.326. The fourth-order valence-corrected chi connectivity index (χ4v) is 5.18. The lowest BCUT2D eigenvalue weighted by Gasteiger charge is -2.13. The predicted octanol–water partition coefficient (Wildman–Crippen LogP) is 6.46. The number of hydrogen-bond acceptors (Lipinski definition) is 6. The van der Waals surface area contributed by atoms with Gasteiger partial charge in [0.15, 0.2) is 5.17 Å². The standard InChI is InChI=1S/C28H27BrN4O3S/c1-17-8-7-9-18(2)26(17)31-25(34)16-24-27(35)33(32-19(3)20-12-14-21(29)15-13-20)28(37-24)30-22-10-5-6-11-23(22)36-4/h5-15,24H,16H2,1-4H3,(H,31,34)/b30-28?,32-19-/t24-/m1/s1. The van der Waals surface area contributed by atoms with Crippen molar-refractivity contribution in [3.8, 4) is 5.75 Å². The number of hydrazone groups is 1. The van der Waals surface area contributed by atoms with E-state index in [-0.39, 0.29) is 18.2 Å². The van der Waals surface area contributed by atoms with Crippen molar-refractivity contribution in [3.05, 3.63) is 87.9 Å². The highest BCUT2D eigenvalue weighted by molar-refractivity contribution is 9.10. The molecule has 3 aromatic carbocycles. The summed E-state index contributed by atoms with van der Waals surface area (Å²) < 4.78 is 6.38. The molecule has 0 spiro atoms. The van der Waals surface area contributed by atoms with Gasteiger partial charge in [-0.1, -0.05) is 70.2 Å². The first kappa shape index (κ1) is 26.6. The van der Waals surface area contributed by atoms with E-state index in [1.807, 2.05) is 75.4 Å². The minimum Gasteiger partial charge on any atom is -0.494 e. The van der Waals surface area contributed by atoms with Crippen molar-refractivity contribution in [1.29, 1.82) is 0 Å². The second-order valence-corrected chi connectivity index (χ2v) is 10.6. The average Bonchev–Trinajstić information content (AvgIpc) is 3.15. The number of halogens is 1. The minimum atomic E-state index is -0.667. The van der Waals surface area contributed by atoms with Crippen molar-refractivity contribution >= 4 is 61.8 Å². The maximum absolute atomic E-state index is 13.5. The smallest absolute Gasteiger partial charge is 0.263 e. The summed E-state index contributed by atoms with van der Waals surface area (Å²) in [6.07, 6.45) is -0.00836. The number of hydrogen-bond donors (Lipinski definition) is 1. The summed E-state index contributed by atoms with van der Waals surface area (Å²) >= 11 is 4.66. The molecule has 0 bridgehead atoms. The highest BCUT2D eigenvalue weighted by Crippen LogP contribution is 2.35. The summed E-state index contributed by atoms with van der Waals surface area (Å²) in [6.45, 7) is 5.72. The Kier molecular flexibility index (Phi) is 8.45. The number of para-hydroxylation sites is 3. The van der Waals surface area contributed by atoms with Crippen molar-refractivity contribution in [2.24, 2.45) is 10.1 Å². The monoisotopic (exact) mass is 578 g/mol. The lowest BCUT2D eigenvalue weighted by molar-refractivity contribution is -0.128. The lowest BCUT2D eigenvalue weighted by Crippen LogP contribution is -2.30. The highest BCUT2D eigenvalue weighted by Gasteiger charge is 2.40. The van der Waals surface area contributed by atoms with Gasteiger partial charge >= 0.3 is 0 Å². The van der Waals surface area contributed by atoms with Crippen molar-refractivity contribution in [2.45, 2.75) is 32.4 Å². The predicted molar refractivity (Wildman–Crippen MR) is 154 cm³/mol. The number of carbonyl (C=O) groups excluding carboxylic acids is 2. The zero-order chi connectivity index (χ0) is 26.5. The van der Waals surface area contributed by atoms with Crippen LogP contribution in [0.2, 0.25) is 0 Å². The van der Waals surface area contributed by atoms with Crippen LogP contribution in [-0.4, -0.2) is 40.1 Å². The molecule has 1 aliphatic heterocycles. The molecule has 0 aliphatic carbocycles. The van der Waals surface area contributed by atoms with Gasteiger partial charge in [-0.3, -0.25) is 9.59 Å². The molecule has 3 aromatic rings. The number of amides is 2. The highest BCUT2D eigenvalue weighted by atomic mass is 79.9. The molecule has 1 heterocycles. The minimum absolute atomic E-state index is 0.00836.